The van der Waals surface area contributed by atoms with Gasteiger partial charge in [0.1, 0.15) is 6.07 Å². The Hall–Kier alpha value is -3.23. The number of nitrogens with zero attached hydrogens (tertiary/aromatic N) is 4. The lowest BCUT2D eigenvalue weighted by molar-refractivity contribution is 0.317. The topological polar surface area (TPSA) is 101 Å². The van der Waals surface area contributed by atoms with Crippen LogP contribution in [0.15, 0.2) is 47.2 Å². The minimum atomic E-state index is -1.53. The first-order valence-electron chi connectivity index (χ1n) is 9.86. The van der Waals surface area contributed by atoms with Crippen molar-refractivity contribution in [3.05, 3.63) is 52.7 Å². The molecule has 0 saturated heterocycles. The average Bonchev–Trinajstić information content (AvgIpc) is 2.74. The molecule has 2 aliphatic rings. The predicted molar refractivity (Wildman–Crippen MR) is 109 cm³/mol. The SMILES string of the molecule is CCN(CC)c1ccc([C@@H]2[C@@H]3CCCC=C3C(C#N)=C(N)C2(C#N)C#N)cc1. The number of anilines is 1. The van der Waals surface area contributed by atoms with Crippen LogP contribution in [0.3, 0.4) is 0 Å². The summed E-state index contributed by atoms with van der Waals surface area (Å²) in [5.74, 6) is -0.425. The second-order valence-electron chi connectivity index (χ2n) is 7.37. The van der Waals surface area contributed by atoms with Crippen LogP contribution in [-0.2, 0) is 0 Å². The Kier molecular flexibility index (Phi) is 5.43. The van der Waals surface area contributed by atoms with Crippen LogP contribution in [0, 0.1) is 45.3 Å². The van der Waals surface area contributed by atoms with Crippen LogP contribution in [0.4, 0.5) is 5.69 Å². The van der Waals surface area contributed by atoms with Crippen molar-refractivity contribution >= 4 is 5.69 Å². The van der Waals surface area contributed by atoms with E-state index in [4.69, 9.17) is 5.73 Å². The highest BCUT2D eigenvalue weighted by Gasteiger charge is 2.53. The van der Waals surface area contributed by atoms with E-state index in [0.717, 1.165) is 49.2 Å². The second kappa shape index (κ2) is 7.79. The lowest BCUT2D eigenvalue weighted by Gasteiger charge is -2.43. The normalized spacial score (nSPS) is 22.9. The minimum Gasteiger partial charge on any atom is -0.399 e. The zero-order valence-electron chi connectivity index (χ0n) is 16.4. The van der Waals surface area contributed by atoms with Crippen LogP contribution in [-0.4, -0.2) is 13.1 Å². The molecule has 0 aliphatic heterocycles. The van der Waals surface area contributed by atoms with Gasteiger partial charge in [0.05, 0.1) is 23.4 Å². The first-order chi connectivity index (χ1) is 13.6. The fraction of sp³-hybridized carbons (Fsp3) is 0.435. The van der Waals surface area contributed by atoms with Gasteiger partial charge in [-0.1, -0.05) is 18.2 Å². The standard InChI is InChI=1S/C23H25N5/c1-3-28(4-2)17-11-9-16(10-12-17)21-19-8-6-5-7-18(19)20(13-24)22(27)23(21,14-25)15-26/h7,9-12,19,21H,3-6,8,27H2,1-2H3/t19-,21-/m1/s1. The minimum absolute atomic E-state index is 0.0469. The fourth-order valence-corrected chi connectivity index (χ4v) is 4.73. The van der Waals surface area contributed by atoms with Crippen molar-refractivity contribution in [3.63, 3.8) is 0 Å². The van der Waals surface area contributed by atoms with E-state index in [0.29, 0.717) is 5.57 Å². The van der Waals surface area contributed by atoms with Crippen LogP contribution in [0.1, 0.15) is 44.6 Å². The van der Waals surface area contributed by atoms with Crippen molar-refractivity contribution in [2.75, 3.05) is 18.0 Å². The molecule has 0 amide bonds. The summed E-state index contributed by atoms with van der Waals surface area (Å²) in [7, 11) is 0. The first kappa shape index (κ1) is 19.5. The zero-order valence-corrected chi connectivity index (χ0v) is 16.4. The van der Waals surface area contributed by atoms with Crippen molar-refractivity contribution in [2.24, 2.45) is 17.1 Å². The number of hydrogen-bond acceptors (Lipinski definition) is 5. The largest absolute Gasteiger partial charge is 0.399 e. The van der Waals surface area contributed by atoms with E-state index in [1.807, 2.05) is 24.3 Å². The van der Waals surface area contributed by atoms with Crippen molar-refractivity contribution in [1.82, 2.24) is 0 Å². The summed E-state index contributed by atoms with van der Waals surface area (Å²) in [6, 6.07) is 14.7. The highest BCUT2D eigenvalue weighted by molar-refractivity contribution is 5.60. The molecule has 3 rings (SSSR count). The quantitative estimate of drug-likeness (QED) is 0.857. The van der Waals surface area contributed by atoms with Gasteiger partial charge in [0.25, 0.3) is 0 Å². The number of allylic oxidation sites excluding steroid dienone is 4. The molecule has 1 aromatic carbocycles. The number of nitrogens with two attached hydrogens (primary N) is 1. The molecule has 0 aromatic heterocycles. The molecule has 142 valence electrons. The summed E-state index contributed by atoms with van der Waals surface area (Å²) < 4.78 is 0. The molecule has 1 aromatic rings. The lowest BCUT2D eigenvalue weighted by atomic mass is 9.57. The Bertz CT molecular complexity index is 915. The molecule has 0 heterocycles. The molecular formula is C23H25N5. The lowest BCUT2D eigenvalue weighted by Crippen LogP contribution is -2.42. The van der Waals surface area contributed by atoms with Crippen molar-refractivity contribution in [3.8, 4) is 18.2 Å². The summed E-state index contributed by atoms with van der Waals surface area (Å²) in [4.78, 5) is 2.25. The Labute approximate surface area is 167 Å². The third-order valence-electron chi connectivity index (χ3n) is 6.18. The average molecular weight is 371 g/mol. The van der Waals surface area contributed by atoms with E-state index in [2.05, 4.69) is 43.0 Å². The van der Waals surface area contributed by atoms with Gasteiger partial charge in [-0.15, -0.1) is 0 Å². The maximum atomic E-state index is 10.0. The highest BCUT2D eigenvalue weighted by atomic mass is 15.1. The summed E-state index contributed by atoms with van der Waals surface area (Å²) in [6.45, 7) is 6.05. The third-order valence-corrected chi connectivity index (χ3v) is 6.18. The van der Waals surface area contributed by atoms with Crippen molar-refractivity contribution < 1.29 is 0 Å². The Morgan fingerprint density at radius 1 is 1.11 bits per heavy atom. The second-order valence-corrected chi connectivity index (χ2v) is 7.37. The smallest absolute Gasteiger partial charge is 0.191 e. The van der Waals surface area contributed by atoms with Gasteiger partial charge in [-0.2, -0.15) is 15.8 Å². The molecule has 0 fully saturated rings. The van der Waals surface area contributed by atoms with Crippen LogP contribution in [0.2, 0.25) is 0 Å². The van der Waals surface area contributed by atoms with Crippen molar-refractivity contribution in [1.29, 1.82) is 15.8 Å². The maximum Gasteiger partial charge on any atom is 0.191 e. The van der Waals surface area contributed by atoms with E-state index in [1.165, 1.54) is 0 Å². The molecular weight excluding hydrogens is 346 g/mol. The Morgan fingerprint density at radius 2 is 1.75 bits per heavy atom. The molecule has 5 heteroatoms. The number of benzene rings is 1. The third kappa shape index (κ3) is 2.83. The van der Waals surface area contributed by atoms with Crippen LogP contribution >= 0.6 is 0 Å². The molecule has 2 atom stereocenters. The van der Waals surface area contributed by atoms with E-state index >= 15 is 0 Å². The summed E-state index contributed by atoms with van der Waals surface area (Å²) in [6.07, 6.45) is 4.78. The summed E-state index contributed by atoms with van der Waals surface area (Å²) in [5.41, 5.74) is 8.15. The van der Waals surface area contributed by atoms with Crippen LogP contribution in [0.5, 0.6) is 0 Å². The van der Waals surface area contributed by atoms with Gasteiger partial charge in [0.2, 0.25) is 0 Å². The molecule has 2 aliphatic carbocycles. The fourth-order valence-electron chi connectivity index (χ4n) is 4.73. The highest BCUT2D eigenvalue weighted by Crippen LogP contribution is 2.55. The van der Waals surface area contributed by atoms with Gasteiger partial charge in [-0.3, -0.25) is 0 Å². The van der Waals surface area contributed by atoms with Gasteiger partial charge in [0, 0.05) is 24.7 Å². The van der Waals surface area contributed by atoms with Crippen LogP contribution < -0.4 is 10.6 Å². The molecule has 0 radical (unpaired) electrons. The van der Waals surface area contributed by atoms with Crippen LogP contribution in [0.25, 0.3) is 0 Å². The van der Waals surface area contributed by atoms with E-state index < -0.39 is 5.41 Å². The summed E-state index contributed by atoms with van der Waals surface area (Å²) >= 11 is 0. The maximum absolute atomic E-state index is 10.0. The predicted octanol–water partition coefficient (Wildman–Crippen LogP) is 4.13. The van der Waals surface area contributed by atoms with Gasteiger partial charge in [-0.05, 0) is 62.3 Å². The molecule has 5 nitrogen and oxygen atoms in total. The number of nitriles is 3. The Balaban J connectivity index is 2.18. The van der Waals surface area contributed by atoms with E-state index in [-0.39, 0.29) is 17.5 Å². The summed E-state index contributed by atoms with van der Waals surface area (Å²) in [5, 5.41) is 29.8. The number of rotatable bonds is 4. The Morgan fingerprint density at radius 3 is 2.29 bits per heavy atom. The van der Waals surface area contributed by atoms with E-state index in [1.54, 1.807) is 0 Å². The molecule has 0 saturated carbocycles. The molecule has 28 heavy (non-hydrogen) atoms. The number of fused-ring (bicyclic) bond motifs is 1. The monoisotopic (exact) mass is 371 g/mol. The van der Waals surface area contributed by atoms with Gasteiger partial charge in [-0.25, -0.2) is 0 Å². The van der Waals surface area contributed by atoms with E-state index in [9.17, 15) is 15.8 Å². The molecule has 0 bridgehead atoms. The molecule has 0 spiro atoms. The molecule has 2 N–H and O–H groups in total. The first-order valence-corrected chi connectivity index (χ1v) is 9.86. The molecule has 0 unspecified atom stereocenters. The van der Waals surface area contributed by atoms with Gasteiger partial charge < -0.3 is 10.6 Å². The number of hydrogen-bond donors (Lipinski definition) is 1. The zero-order chi connectivity index (χ0) is 20.3. The van der Waals surface area contributed by atoms with Gasteiger partial charge in [0.15, 0.2) is 5.41 Å². The van der Waals surface area contributed by atoms with Crippen molar-refractivity contribution in [2.45, 2.75) is 39.0 Å². The van der Waals surface area contributed by atoms with Gasteiger partial charge >= 0.3 is 0 Å².